The van der Waals surface area contributed by atoms with E-state index in [2.05, 4.69) is 0 Å². The van der Waals surface area contributed by atoms with E-state index in [1.54, 1.807) is 0 Å². The molecule has 1 fully saturated rings. The third-order valence-corrected chi connectivity index (χ3v) is 6.14. The molecule has 3 rings (SSSR count). The number of hydrogen-bond donors (Lipinski definition) is 0. The van der Waals surface area contributed by atoms with Crippen molar-refractivity contribution in [2.75, 3.05) is 6.61 Å². The number of alkyl halides is 2. The molecule has 0 spiro atoms. The van der Waals surface area contributed by atoms with Crippen LogP contribution in [0.2, 0.25) is 0 Å². The Morgan fingerprint density at radius 1 is 1.50 bits per heavy atom. The molecule has 0 saturated carbocycles. The fourth-order valence-corrected chi connectivity index (χ4v) is 4.32. The quantitative estimate of drug-likeness (QED) is 0.166. The van der Waals surface area contributed by atoms with Crippen molar-refractivity contribution in [3.8, 4) is 5.75 Å². The zero-order valence-corrected chi connectivity index (χ0v) is 16.7. The van der Waals surface area contributed by atoms with Gasteiger partial charge in [-0.2, -0.15) is 0 Å². The highest BCUT2D eigenvalue weighted by Gasteiger charge is 2.55. The number of halogens is 2. The van der Waals surface area contributed by atoms with E-state index in [0.717, 1.165) is 6.92 Å². The number of rotatable bonds is 5. The number of benzene rings is 1. The summed E-state index contributed by atoms with van der Waals surface area (Å²) in [6.07, 6.45) is -2.22. The number of phosphoric ester groups is 1. The SMILES string of the molecule is [B][C@@H]1O[C@H](COP2(=O)OCc3cc([N+](=O)[O-])ccc3O2)[C@@H](OC(C)=O)C1(Cl)Cl. The van der Waals surface area contributed by atoms with Crippen molar-refractivity contribution in [3.05, 3.63) is 33.9 Å². The Balaban J connectivity index is 1.69. The Bertz CT molecular complexity index is 854. The molecule has 0 amide bonds. The molecule has 10 nitrogen and oxygen atoms in total. The predicted molar refractivity (Wildman–Crippen MR) is 96.5 cm³/mol. The first-order valence-electron chi connectivity index (χ1n) is 7.84. The Morgan fingerprint density at radius 3 is 2.86 bits per heavy atom. The molecule has 2 heterocycles. The Kier molecular flexibility index (Phi) is 5.96. The fourth-order valence-electron chi connectivity index (χ4n) is 2.63. The number of fused-ring (bicyclic) bond motifs is 1. The molecular formula is C14H13BCl2NO9P. The van der Waals surface area contributed by atoms with Crippen molar-refractivity contribution in [2.45, 2.75) is 36.1 Å². The average Bonchev–Trinajstić information content (AvgIpc) is 2.82. The maximum atomic E-state index is 12.7. The van der Waals surface area contributed by atoms with Gasteiger partial charge in [-0.05, 0) is 6.07 Å². The minimum Gasteiger partial charge on any atom is -0.456 e. The number of nitro groups is 1. The van der Waals surface area contributed by atoms with Gasteiger partial charge in [0, 0.05) is 24.6 Å². The van der Waals surface area contributed by atoms with Gasteiger partial charge in [0.05, 0.1) is 24.1 Å². The fraction of sp³-hybridized carbons (Fsp3) is 0.500. The molecule has 0 aliphatic carbocycles. The van der Waals surface area contributed by atoms with Gasteiger partial charge in [-0.3, -0.25) is 24.0 Å². The van der Waals surface area contributed by atoms with Crippen LogP contribution in [0.4, 0.5) is 5.69 Å². The lowest BCUT2D eigenvalue weighted by Crippen LogP contribution is -2.42. The number of non-ortho nitro benzene ring substituents is 1. The molecule has 1 saturated heterocycles. The van der Waals surface area contributed by atoms with E-state index >= 15 is 0 Å². The molecular weight excluding hydrogens is 439 g/mol. The van der Waals surface area contributed by atoms with Crippen LogP contribution in [0, 0.1) is 10.1 Å². The van der Waals surface area contributed by atoms with E-state index in [9.17, 15) is 19.5 Å². The molecule has 2 aliphatic heterocycles. The molecule has 4 atom stereocenters. The number of carbonyl (C=O) groups excluding carboxylic acids is 1. The summed E-state index contributed by atoms with van der Waals surface area (Å²) in [5.41, 5.74) is 0.170. The van der Waals surface area contributed by atoms with Crippen LogP contribution in [0.15, 0.2) is 18.2 Å². The number of carbonyl (C=O) groups is 1. The molecule has 0 bridgehead atoms. The van der Waals surface area contributed by atoms with Crippen molar-refractivity contribution in [1.82, 2.24) is 0 Å². The normalized spacial score (nSPS) is 30.9. The number of hydrogen-bond acceptors (Lipinski definition) is 9. The summed E-state index contributed by atoms with van der Waals surface area (Å²) in [5.74, 6) is -0.560. The predicted octanol–water partition coefficient (Wildman–Crippen LogP) is 2.63. The summed E-state index contributed by atoms with van der Waals surface area (Å²) in [5, 5.41) is 10.8. The zero-order chi connectivity index (χ0) is 20.7. The topological polar surface area (TPSA) is 123 Å². The van der Waals surface area contributed by atoms with E-state index < -0.39 is 47.9 Å². The maximum absolute atomic E-state index is 12.7. The second kappa shape index (κ2) is 7.81. The third-order valence-electron chi connectivity index (χ3n) is 3.95. The lowest BCUT2D eigenvalue weighted by Gasteiger charge is -2.27. The number of nitro benzene ring substituents is 1. The zero-order valence-electron chi connectivity index (χ0n) is 14.3. The van der Waals surface area contributed by atoms with Crippen LogP contribution in [0.5, 0.6) is 5.75 Å². The maximum Gasteiger partial charge on any atom is 0.530 e. The van der Waals surface area contributed by atoms with E-state index in [-0.39, 0.29) is 18.0 Å². The highest BCUT2D eigenvalue weighted by Crippen LogP contribution is 2.55. The Morgan fingerprint density at radius 2 is 2.21 bits per heavy atom. The van der Waals surface area contributed by atoms with Crippen LogP contribution in [-0.4, -0.2) is 47.9 Å². The number of phosphoric acid groups is 1. The van der Waals surface area contributed by atoms with Crippen molar-refractivity contribution >= 4 is 50.5 Å². The van der Waals surface area contributed by atoms with Gasteiger partial charge in [0.25, 0.3) is 5.69 Å². The number of nitrogens with zero attached hydrogens (tertiary/aromatic N) is 1. The second-order valence-electron chi connectivity index (χ2n) is 5.96. The molecule has 0 N–H and O–H groups in total. The van der Waals surface area contributed by atoms with E-state index in [1.165, 1.54) is 18.2 Å². The van der Waals surface area contributed by atoms with Gasteiger partial charge >= 0.3 is 13.8 Å². The Labute approximate surface area is 170 Å². The molecule has 2 aliphatic rings. The Hall–Kier alpha value is -1.36. The van der Waals surface area contributed by atoms with Crippen LogP contribution in [0.3, 0.4) is 0 Å². The monoisotopic (exact) mass is 451 g/mol. The van der Waals surface area contributed by atoms with Gasteiger partial charge in [-0.15, -0.1) is 0 Å². The average molecular weight is 452 g/mol. The first-order chi connectivity index (χ1) is 13.0. The molecule has 1 unspecified atom stereocenters. The molecule has 28 heavy (non-hydrogen) atoms. The van der Waals surface area contributed by atoms with E-state index in [1.807, 2.05) is 0 Å². The van der Waals surface area contributed by atoms with E-state index in [0.29, 0.717) is 5.56 Å². The largest absolute Gasteiger partial charge is 0.530 e. The first-order valence-corrected chi connectivity index (χ1v) is 10.1. The molecule has 0 aromatic heterocycles. The summed E-state index contributed by atoms with van der Waals surface area (Å²) in [6, 6.07) is 2.53. The van der Waals surface area contributed by atoms with Crippen molar-refractivity contribution in [1.29, 1.82) is 0 Å². The molecule has 14 heteroatoms. The van der Waals surface area contributed by atoms with Crippen molar-refractivity contribution < 1.29 is 37.3 Å². The highest BCUT2D eigenvalue weighted by molar-refractivity contribution is 7.49. The van der Waals surface area contributed by atoms with Gasteiger partial charge in [0.2, 0.25) is 0 Å². The smallest absolute Gasteiger partial charge is 0.456 e. The number of ether oxygens (including phenoxy) is 2. The lowest BCUT2D eigenvalue weighted by molar-refractivity contribution is -0.385. The molecule has 1 aromatic carbocycles. The lowest BCUT2D eigenvalue weighted by atomic mass is 9.95. The summed E-state index contributed by atoms with van der Waals surface area (Å²) in [6.45, 7) is 0.491. The van der Waals surface area contributed by atoms with Gasteiger partial charge in [-0.1, -0.05) is 23.2 Å². The van der Waals surface area contributed by atoms with Crippen LogP contribution in [-0.2, 0) is 34.5 Å². The minimum atomic E-state index is -4.08. The van der Waals surface area contributed by atoms with Crippen LogP contribution < -0.4 is 4.52 Å². The highest BCUT2D eigenvalue weighted by atomic mass is 35.5. The van der Waals surface area contributed by atoms with Crippen molar-refractivity contribution in [3.63, 3.8) is 0 Å². The molecule has 150 valence electrons. The second-order valence-corrected chi connectivity index (χ2v) is 8.99. The van der Waals surface area contributed by atoms with Crippen molar-refractivity contribution in [2.24, 2.45) is 0 Å². The van der Waals surface area contributed by atoms with Gasteiger partial charge < -0.3 is 14.0 Å². The summed E-state index contributed by atoms with van der Waals surface area (Å²) < 4.78 is 36.9. The first kappa shape index (κ1) is 21.4. The van der Waals surface area contributed by atoms with Gasteiger partial charge in [-0.25, -0.2) is 4.57 Å². The van der Waals surface area contributed by atoms with Crippen LogP contribution >= 0.6 is 31.0 Å². The third kappa shape index (κ3) is 4.29. The van der Waals surface area contributed by atoms with Crippen LogP contribution in [0.25, 0.3) is 0 Å². The van der Waals surface area contributed by atoms with Crippen LogP contribution in [0.1, 0.15) is 12.5 Å². The molecule has 1 aromatic rings. The summed E-state index contributed by atoms with van der Waals surface area (Å²) >= 11 is 12.2. The molecule has 2 radical (unpaired) electrons. The number of esters is 1. The van der Waals surface area contributed by atoms with E-state index in [4.69, 9.17) is 54.1 Å². The summed E-state index contributed by atoms with van der Waals surface area (Å²) in [4.78, 5) is 21.5. The standard InChI is InChI=1S/C14H13BCl2NO9P/c1-7(19)25-12-11(26-13(15)14(12,16)17)6-24-28(22)23-5-8-4-9(18(20)21)2-3-10(8)27-28/h2-4,11-13H,5-6H2,1H3/t11-,12-,13-,28?/m1/s1. The minimum absolute atomic E-state index is 0.116. The van der Waals surface area contributed by atoms with Gasteiger partial charge in [0.15, 0.2) is 10.4 Å². The van der Waals surface area contributed by atoms with Gasteiger partial charge in [0.1, 0.15) is 19.7 Å². The summed E-state index contributed by atoms with van der Waals surface area (Å²) in [7, 11) is 1.62.